The maximum atomic E-state index is 13.5. The maximum Gasteiger partial charge on any atom is 0.258 e. The van der Waals surface area contributed by atoms with E-state index >= 15 is 0 Å². The predicted molar refractivity (Wildman–Crippen MR) is 69.9 cm³/mol. The van der Waals surface area contributed by atoms with Gasteiger partial charge >= 0.3 is 0 Å². The minimum absolute atomic E-state index is 0.140. The van der Waals surface area contributed by atoms with Gasteiger partial charge in [0.05, 0.1) is 11.3 Å². The number of hydrogen-bond acceptors (Lipinski definition) is 2. The molecule has 0 saturated heterocycles. The van der Waals surface area contributed by atoms with Crippen LogP contribution in [0.1, 0.15) is 15.9 Å². The van der Waals surface area contributed by atoms with Crippen LogP contribution in [0.4, 0.5) is 24.5 Å². The van der Waals surface area contributed by atoms with Crippen molar-refractivity contribution >= 4 is 17.3 Å². The molecule has 0 atom stereocenters. The van der Waals surface area contributed by atoms with Gasteiger partial charge in [0.2, 0.25) is 0 Å². The van der Waals surface area contributed by atoms with E-state index in [4.69, 9.17) is 5.73 Å². The van der Waals surface area contributed by atoms with Crippen LogP contribution in [0, 0.1) is 24.4 Å². The van der Waals surface area contributed by atoms with Crippen molar-refractivity contribution in [1.29, 1.82) is 0 Å². The number of aryl methyl sites for hydroxylation is 1. The second-order valence-corrected chi connectivity index (χ2v) is 4.27. The minimum atomic E-state index is -0.972. The zero-order chi connectivity index (χ0) is 14.9. The number of nitrogens with two attached hydrogens (primary N) is 1. The molecule has 6 heteroatoms. The van der Waals surface area contributed by atoms with Gasteiger partial charge in [0.25, 0.3) is 5.91 Å². The number of amides is 1. The van der Waals surface area contributed by atoms with Gasteiger partial charge in [-0.2, -0.15) is 0 Å². The zero-order valence-electron chi connectivity index (χ0n) is 10.5. The monoisotopic (exact) mass is 280 g/mol. The molecule has 2 rings (SSSR count). The molecule has 0 heterocycles. The van der Waals surface area contributed by atoms with Gasteiger partial charge in [-0.1, -0.05) is 0 Å². The summed E-state index contributed by atoms with van der Waals surface area (Å²) in [4.78, 5) is 11.9. The molecular weight excluding hydrogens is 269 g/mol. The van der Waals surface area contributed by atoms with Crippen LogP contribution in [-0.4, -0.2) is 5.91 Å². The van der Waals surface area contributed by atoms with Gasteiger partial charge in [-0.25, -0.2) is 13.2 Å². The van der Waals surface area contributed by atoms with Crippen molar-refractivity contribution in [2.24, 2.45) is 0 Å². The Balaban J connectivity index is 2.28. The molecule has 0 fully saturated rings. The highest BCUT2D eigenvalue weighted by molar-refractivity contribution is 6.04. The number of anilines is 2. The fraction of sp³-hybridized carbons (Fsp3) is 0.0714. The Hall–Kier alpha value is -2.50. The van der Waals surface area contributed by atoms with Crippen LogP contribution in [-0.2, 0) is 0 Å². The number of nitrogens with one attached hydrogen (secondary N) is 1. The first-order valence-electron chi connectivity index (χ1n) is 5.70. The quantitative estimate of drug-likeness (QED) is 0.830. The Bertz CT molecular complexity index is 686. The minimum Gasteiger partial charge on any atom is -0.396 e. The van der Waals surface area contributed by atoms with E-state index in [-0.39, 0.29) is 22.5 Å². The maximum absolute atomic E-state index is 13.5. The van der Waals surface area contributed by atoms with Gasteiger partial charge in [0, 0.05) is 11.8 Å². The lowest BCUT2D eigenvalue weighted by Gasteiger charge is -2.08. The molecule has 1 amide bonds. The van der Waals surface area contributed by atoms with Crippen LogP contribution < -0.4 is 11.1 Å². The Morgan fingerprint density at radius 2 is 1.75 bits per heavy atom. The number of benzene rings is 2. The Morgan fingerprint density at radius 1 is 1.05 bits per heavy atom. The second kappa shape index (κ2) is 5.24. The molecule has 3 nitrogen and oxygen atoms in total. The first kappa shape index (κ1) is 13.9. The standard InChI is InChI=1S/C14H11F3N2O/c1-7-4-9(12(17)6-11(7)16)14(20)19-8-2-3-10(15)13(18)5-8/h2-6H,18H2,1H3,(H,19,20). The summed E-state index contributed by atoms with van der Waals surface area (Å²) in [5.41, 5.74) is 5.29. The van der Waals surface area contributed by atoms with Crippen LogP contribution in [0.5, 0.6) is 0 Å². The Labute approximate surface area is 113 Å². The van der Waals surface area contributed by atoms with Crippen LogP contribution in [0.3, 0.4) is 0 Å². The van der Waals surface area contributed by atoms with E-state index in [0.717, 1.165) is 12.1 Å². The third-order valence-corrected chi connectivity index (χ3v) is 2.75. The predicted octanol–water partition coefficient (Wildman–Crippen LogP) is 3.25. The molecule has 20 heavy (non-hydrogen) atoms. The molecule has 0 radical (unpaired) electrons. The fourth-order valence-electron chi connectivity index (χ4n) is 1.65. The van der Waals surface area contributed by atoms with Gasteiger partial charge in [-0.3, -0.25) is 4.79 Å². The summed E-state index contributed by atoms with van der Waals surface area (Å²) in [7, 11) is 0. The molecule has 0 bridgehead atoms. The molecule has 2 aromatic carbocycles. The van der Waals surface area contributed by atoms with Crippen molar-refractivity contribution in [2.45, 2.75) is 6.92 Å². The molecule has 3 N–H and O–H groups in total. The fourth-order valence-corrected chi connectivity index (χ4v) is 1.65. The third kappa shape index (κ3) is 2.74. The summed E-state index contributed by atoms with van der Waals surface area (Å²) in [5, 5.41) is 2.37. The molecule has 0 aliphatic heterocycles. The van der Waals surface area contributed by atoms with E-state index in [9.17, 15) is 18.0 Å². The van der Waals surface area contributed by atoms with Crippen molar-refractivity contribution in [3.63, 3.8) is 0 Å². The number of hydrogen-bond donors (Lipinski definition) is 2. The van der Waals surface area contributed by atoms with Crippen molar-refractivity contribution in [3.8, 4) is 0 Å². The van der Waals surface area contributed by atoms with E-state index in [0.29, 0.717) is 6.07 Å². The van der Waals surface area contributed by atoms with Crippen LogP contribution in [0.25, 0.3) is 0 Å². The number of nitrogen functional groups attached to an aromatic ring is 1. The molecule has 0 aromatic heterocycles. The normalized spacial score (nSPS) is 10.4. The van der Waals surface area contributed by atoms with Gasteiger partial charge in [0.15, 0.2) is 0 Å². The SMILES string of the molecule is Cc1cc(C(=O)Nc2ccc(F)c(N)c2)c(F)cc1F. The Kier molecular flexibility index (Phi) is 3.65. The van der Waals surface area contributed by atoms with Gasteiger partial charge in [-0.05, 0) is 36.8 Å². The smallest absolute Gasteiger partial charge is 0.258 e. The van der Waals surface area contributed by atoms with Crippen molar-refractivity contribution in [2.75, 3.05) is 11.1 Å². The highest BCUT2D eigenvalue weighted by atomic mass is 19.1. The number of rotatable bonds is 2. The molecular formula is C14H11F3N2O. The van der Waals surface area contributed by atoms with Gasteiger partial charge in [-0.15, -0.1) is 0 Å². The molecule has 104 valence electrons. The summed E-state index contributed by atoms with van der Waals surface area (Å²) in [6.45, 7) is 1.42. The summed E-state index contributed by atoms with van der Waals surface area (Å²) in [5.74, 6) is -3.09. The molecule has 0 saturated carbocycles. The summed E-state index contributed by atoms with van der Waals surface area (Å²) < 4.78 is 39.6. The number of carbonyl (C=O) groups excluding carboxylic acids is 1. The average Bonchev–Trinajstić information content (AvgIpc) is 2.38. The molecule has 2 aromatic rings. The van der Waals surface area contributed by atoms with Gasteiger partial charge < -0.3 is 11.1 Å². The van der Waals surface area contributed by atoms with E-state index in [1.54, 1.807) is 0 Å². The number of halogens is 3. The van der Waals surface area contributed by atoms with E-state index in [1.807, 2.05) is 0 Å². The summed E-state index contributed by atoms with van der Waals surface area (Å²) >= 11 is 0. The lowest BCUT2D eigenvalue weighted by Crippen LogP contribution is -2.14. The zero-order valence-corrected chi connectivity index (χ0v) is 10.5. The molecule has 0 spiro atoms. The summed E-state index contributed by atoms with van der Waals surface area (Å²) in [6.07, 6.45) is 0. The van der Waals surface area contributed by atoms with Crippen molar-refractivity contribution < 1.29 is 18.0 Å². The van der Waals surface area contributed by atoms with Crippen LogP contribution >= 0.6 is 0 Å². The van der Waals surface area contributed by atoms with Crippen molar-refractivity contribution in [3.05, 3.63) is 58.9 Å². The van der Waals surface area contributed by atoms with Gasteiger partial charge in [0.1, 0.15) is 17.5 Å². The lowest BCUT2D eigenvalue weighted by atomic mass is 10.1. The molecule has 0 aliphatic carbocycles. The lowest BCUT2D eigenvalue weighted by molar-refractivity contribution is 0.102. The topological polar surface area (TPSA) is 55.1 Å². The van der Waals surface area contributed by atoms with Crippen molar-refractivity contribution in [1.82, 2.24) is 0 Å². The first-order valence-corrected chi connectivity index (χ1v) is 5.70. The van der Waals surface area contributed by atoms with Crippen LogP contribution in [0.15, 0.2) is 30.3 Å². The molecule has 0 aliphatic rings. The highest BCUT2D eigenvalue weighted by Gasteiger charge is 2.15. The van der Waals surface area contributed by atoms with Crippen LogP contribution in [0.2, 0.25) is 0 Å². The van der Waals surface area contributed by atoms with E-state index in [1.165, 1.54) is 19.1 Å². The Morgan fingerprint density at radius 3 is 2.40 bits per heavy atom. The highest BCUT2D eigenvalue weighted by Crippen LogP contribution is 2.19. The molecule has 0 unspecified atom stereocenters. The average molecular weight is 280 g/mol. The third-order valence-electron chi connectivity index (χ3n) is 2.75. The number of carbonyl (C=O) groups is 1. The second-order valence-electron chi connectivity index (χ2n) is 4.27. The largest absolute Gasteiger partial charge is 0.396 e. The van der Waals surface area contributed by atoms with E-state index in [2.05, 4.69) is 5.32 Å². The van der Waals surface area contributed by atoms with E-state index < -0.39 is 23.4 Å². The summed E-state index contributed by atoms with van der Waals surface area (Å²) in [6, 6.07) is 5.33. The first-order chi connectivity index (χ1) is 9.38.